The highest BCUT2D eigenvalue weighted by molar-refractivity contribution is 5.79. The molecule has 0 aliphatic carbocycles. The lowest BCUT2D eigenvalue weighted by molar-refractivity contribution is 0.306. The van der Waals surface area contributed by atoms with Crippen molar-refractivity contribution >= 4 is 6.21 Å². The van der Waals surface area contributed by atoms with E-state index in [4.69, 9.17) is 4.74 Å². The quantitative estimate of drug-likeness (QED) is 0.463. The highest BCUT2D eigenvalue weighted by Crippen LogP contribution is 2.16. The molecule has 138 valence electrons. The third kappa shape index (κ3) is 4.32. The Balaban J connectivity index is 1.41. The van der Waals surface area contributed by atoms with Gasteiger partial charge in [0, 0.05) is 5.56 Å². The maximum absolute atomic E-state index is 5.84. The highest BCUT2D eigenvalue weighted by Gasteiger charge is 2.05. The topological polar surface area (TPSA) is 52.3 Å². The third-order valence-electron chi connectivity index (χ3n) is 4.30. The summed E-state index contributed by atoms with van der Waals surface area (Å²) in [6.45, 7) is 2.63. The molecule has 0 fully saturated rings. The largest absolute Gasteiger partial charge is 0.489 e. The lowest BCUT2D eigenvalue weighted by Gasteiger charge is -2.07. The van der Waals surface area contributed by atoms with Crippen LogP contribution in [0.25, 0.3) is 11.4 Å². The van der Waals surface area contributed by atoms with Crippen LogP contribution in [0, 0.1) is 6.92 Å². The number of aryl methyl sites for hydroxylation is 1. The summed E-state index contributed by atoms with van der Waals surface area (Å²) in [4.78, 5) is 0. The standard InChI is InChI=1S/C23H20N4O/c1-18-7-9-20(10-8-18)16-28-22-13-11-19(12-14-22)15-25-27-17-24-26-23(27)21-5-3-2-4-6-21/h2-15,17H,16H2,1H3/b25-15-. The molecule has 0 saturated carbocycles. The lowest BCUT2D eigenvalue weighted by atomic mass is 10.2. The van der Waals surface area contributed by atoms with Crippen molar-refractivity contribution in [2.24, 2.45) is 5.10 Å². The Morgan fingerprint density at radius 1 is 0.929 bits per heavy atom. The van der Waals surface area contributed by atoms with Gasteiger partial charge in [-0.2, -0.15) is 9.78 Å². The van der Waals surface area contributed by atoms with Gasteiger partial charge in [-0.05, 0) is 42.3 Å². The van der Waals surface area contributed by atoms with E-state index in [1.54, 1.807) is 17.2 Å². The fourth-order valence-electron chi connectivity index (χ4n) is 2.72. The second-order valence-corrected chi connectivity index (χ2v) is 6.45. The summed E-state index contributed by atoms with van der Waals surface area (Å²) < 4.78 is 7.51. The van der Waals surface area contributed by atoms with Gasteiger partial charge in [0.1, 0.15) is 18.7 Å². The van der Waals surface area contributed by atoms with Gasteiger partial charge < -0.3 is 4.74 Å². The monoisotopic (exact) mass is 368 g/mol. The number of rotatable bonds is 6. The molecule has 0 amide bonds. The Morgan fingerprint density at radius 2 is 1.68 bits per heavy atom. The van der Waals surface area contributed by atoms with Gasteiger partial charge in [0.25, 0.3) is 0 Å². The van der Waals surface area contributed by atoms with Crippen LogP contribution < -0.4 is 4.74 Å². The first-order valence-corrected chi connectivity index (χ1v) is 9.06. The van der Waals surface area contributed by atoms with Crippen molar-refractivity contribution in [1.29, 1.82) is 0 Å². The average molecular weight is 368 g/mol. The van der Waals surface area contributed by atoms with Crippen LogP contribution in [0.15, 0.2) is 90.3 Å². The van der Waals surface area contributed by atoms with Crippen LogP contribution in [0.1, 0.15) is 16.7 Å². The van der Waals surface area contributed by atoms with Gasteiger partial charge in [0.2, 0.25) is 0 Å². The minimum Gasteiger partial charge on any atom is -0.489 e. The predicted molar refractivity (Wildman–Crippen MR) is 110 cm³/mol. The molecule has 0 aliphatic rings. The fourth-order valence-corrected chi connectivity index (χ4v) is 2.72. The molecule has 1 aromatic heterocycles. The van der Waals surface area contributed by atoms with Crippen LogP contribution in [0.3, 0.4) is 0 Å². The molecule has 0 bridgehead atoms. The van der Waals surface area contributed by atoms with Gasteiger partial charge in [0.05, 0.1) is 6.21 Å². The smallest absolute Gasteiger partial charge is 0.184 e. The SMILES string of the molecule is Cc1ccc(COc2ccc(/C=N\n3cnnc3-c3ccccc3)cc2)cc1. The van der Waals surface area contributed by atoms with Crippen molar-refractivity contribution in [2.75, 3.05) is 0 Å². The summed E-state index contributed by atoms with van der Waals surface area (Å²) in [6, 6.07) is 26.0. The van der Waals surface area contributed by atoms with E-state index in [0.717, 1.165) is 22.4 Å². The zero-order valence-corrected chi connectivity index (χ0v) is 15.6. The minimum atomic E-state index is 0.550. The molecule has 4 rings (SSSR count). The summed E-state index contributed by atoms with van der Waals surface area (Å²) in [7, 11) is 0. The molecule has 0 N–H and O–H groups in total. The summed E-state index contributed by atoms with van der Waals surface area (Å²) in [6.07, 6.45) is 3.37. The van der Waals surface area contributed by atoms with Gasteiger partial charge in [-0.1, -0.05) is 60.2 Å². The zero-order chi connectivity index (χ0) is 19.2. The van der Waals surface area contributed by atoms with E-state index in [0.29, 0.717) is 12.4 Å². The van der Waals surface area contributed by atoms with Gasteiger partial charge in [-0.25, -0.2) is 0 Å². The maximum Gasteiger partial charge on any atom is 0.184 e. The first-order chi connectivity index (χ1) is 13.8. The van der Waals surface area contributed by atoms with E-state index < -0.39 is 0 Å². The van der Waals surface area contributed by atoms with E-state index in [1.165, 1.54) is 5.56 Å². The van der Waals surface area contributed by atoms with E-state index in [2.05, 4.69) is 46.5 Å². The van der Waals surface area contributed by atoms with Crippen molar-refractivity contribution in [3.05, 3.63) is 102 Å². The van der Waals surface area contributed by atoms with Gasteiger partial charge >= 0.3 is 0 Å². The molecular formula is C23H20N4O. The summed E-state index contributed by atoms with van der Waals surface area (Å²) in [5, 5.41) is 12.6. The molecule has 28 heavy (non-hydrogen) atoms. The molecule has 0 saturated heterocycles. The van der Waals surface area contributed by atoms with Crippen LogP contribution >= 0.6 is 0 Å². The van der Waals surface area contributed by atoms with E-state index >= 15 is 0 Å². The van der Waals surface area contributed by atoms with Crippen molar-refractivity contribution in [1.82, 2.24) is 14.9 Å². The van der Waals surface area contributed by atoms with Crippen molar-refractivity contribution in [2.45, 2.75) is 13.5 Å². The van der Waals surface area contributed by atoms with E-state index in [1.807, 2.05) is 54.6 Å². The first kappa shape index (κ1) is 17.7. The molecule has 1 heterocycles. The zero-order valence-electron chi connectivity index (χ0n) is 15.6. The lowest BCUT2D eigenvalue weighted by Crippen LogP contribution is -1.96. The molecule has 4 aromatic rings. The number of benzene rings is 3. The predicted octanol–water partition coefficient (Wildman–Crippen LogP) is 4.71. The number of nitrogens with zero attached hydrogens (tertiary/aromatic N) is 4. The summed E-state index contributed by atoms with van der Waals surface area (Å²) >= 11 is 0. The second kappa shape index (κ2) is 8.31. The number of ether oxygens (including phenoxy) is 1. The van der Waals surface area contributed by atoms with Crippen LogP contribution in [0.5, 0.6) is 5.75 Å². The van der Waals surface area contributed by atoms with E-state index in [-0.39, 0.29) is 0 Å². The number of hydrogen-bond acceptors (Lipinski definition) is 4. The molecule has 5 heteroatoms. The summed E-state index contributed by atoms with van der Waals surface area (Å²) in [5.74, 6) is 1.53. The Morgan fingerprint density at radius 3 is 2.43 bits per heavy atom. The van der Waals surface area contributed by atoms with Crippen LogP contribution in [-0.4, -0.2) is 21.1 Å². The minimum absolute atomic E-state index is 0.550. The molecule has 0 radical (unpaired) electrons. The average Bonchev–Trinajstić information content (AvgIpc) is 3.22. The Labute approximate surface area is 164 Å². The molecular weight excluding hydrogens is 348 g/mol. The molecule has 0 unspecified atom stereocenters. The number of aromatic nitrogens is 3. The van der Waals surface area contributed by atoms with Crippen LogP contribution in [0.2, 0.25) is 0 Å². The molecule has 0 atom stereocenters. The molecule has 0 spiro atoms. The van der Waals surface area contributed by atoms with Crippen LogP contribution in [0.4, 0.5) is 0 Å². The number of hydrogen-bond donors (Lipinski definition) is 0. The second-order valence-electron chi connectivity index (χ2n) is 6.45. The molecule has 3 aromatic carbocycles. The molecule has 5 nitrogen and oxygen atoms in total. The van der Waals surface area contributed by atoms with Gasteiger partial charge in [0.15, 0.2) is 5.82 Å². The third-order valence-corrected chi connectivity index (χ3v) is 4.30. The van der Waals surface area contributed by atoms with Gasteiger partial charge in [-0.15, -0.1) is 10.2 Å². The fraction of sp³-hybridized carbons (Fsp3) is 0.0870. The van der Waals surface area contributed by atoms with Crippen LogP contribution in [-0.2, 0) is 6.61 Å². The summed E-state index contributed by atoms with van der Waals surface area (Å²) in [5.41, 5.74) is 4.33. The molecule has 0 aliphatic heterocycles. The van der Waals surface area contributed by atoms with Crippen molar-refractivity contribution in [3.63, 3.8) is 0 Å². The maximum atomic E-state index is 5.84. The van der Waals surface area contributed by atoms with E-state index in [9.17, 15) is 0 Å². The Bertz CT molecular complexity index is 1050. The van der Waals surface area contributed by atoms with Crippen molar-refractivity contribution in [3.8, 4) is 17.1 Å². The van der Waals surface area contributed by atoms with Crippen molar-refractivity contribution < 1.29 is 4.74 Å². The Kier molecular flexibility index (Phi) is 5.24. The first-order valence-electron chi connectivity index (χ1n) is 9.06. The van der Waals surface area contributed by atoms with Gasteiger partial charge in [-0.3, -0.25) is 0 Å². The normalized spacial score (nSPS) is 11.0. The highest BCUT2D eigenvalue weighted by atomic mass is 16.5. The Hall–Kier alpha value is -3.73.